The number of carbonyl (C=O) groups excluding carboxylic acids is 1. The third kappa shape index (κ3) is 2.93. The van der Waals surface area contributed by atoms with Gasteiger partial charge < -0.3 is 5.32 Å². The number of likely N-dealkylation sites (N-methyl/N-ethyl adjacent to an activating group) is 1. The van der Waals surface area contributed by atoms with E-state index in [4.69, 9.17) is 0 Å². The molecule has 0 aromatic carbocycles. The normalized spacial score (nSPS) is 17.9. The number of hydrogen-bond donors (Lipinski definition) is 2. The second-order valence-electron chi connectivity index (χ2n) is 5.03. The zero-order chi connectivity index (χ0) is 13.1. The van der Waals surface area contributed by atoms with Crippen molar-refractivity contribution in [1.29, 1.82) is 0 Å². The van der Waals surface area contributed by atoms with Gasteiger partial charge in [-0.2, -0.15) is 0 Å². The van der Waals surface area contributed by atoms with Gasteiger partial charge in [0.05, 0.1) is 6.04 Å². The summed E-state index contributed by atoms with van der Waals surface area (Å²) < 4.78 is 0. The number of thiophene rings is 1. The number of amides is 1. The van der Waals surface area contributed by atoms with Crippen LogP contribution in [0.25, 0.3) is 0 Å². The van der Waals surface area contributed by atoms with Gasteiger partial charge in [0.15, 0.2) is 0 Å². The Morgan fingerprint density at radius 2 is 2.06 bits per heavy atom. The first-order valence-corrected chi connectivity index (χ1v) is 7.52. The average Bonchev–Trinajstić information content (AvgIpc) is 2.81. The Balaban J connectivity index is 2.02. The highest BCUT2D eigenvalue weighted by Crippen LogP contribution is 2.32. The van der Waals surface area contributed by atoms with Crippen molar-refractivity contribution in [2.45, 2.75) is 51.6 Å². The first kappa shape index (κ1) is 13.6. The maximum Gasteiger partial charge on any atom is 0.236 e. The predicted molar refractivity (Wildman–Crippen MR) is 76.0 cm³/mol. The van der Waals surface area contributed by atoms with Crippen molar-refractivity contribution in [3.8, 4) is 0 Å². The minimum atomic E-state index is -0.149. The predicted octanol–water partition coefficient (Wildman–Crippen LogP) is 2.41. The maximum atomic E-state index is 11.5. The molecule has 100 valence electrons. The molecule has 2 N–H and O–H groups in total. The SMILES string of the molecule is CNC(=O)C(C)NC(C)c1cc2c(s1)CCCC2. The number of hydrogen-bond acceptors (Lipinski definition) is 3. The molecular formula is C14H22N2OS. The van der Waals surface area contributed by atoms with E-state index in [-0.39, 0.29) is 18.0 Å². The standard InChI is InChI=1S/C14H22N2OS/c1-9(16-10(2)14(17)15-3)13-8-11-6-4-5-7-12(11)18-13/h8-10,16H,4-7H2,1-3H3,(H,15,17). The van der Waals surface area contributed by atoms with Crippen LogP contribution in [-0.2, 0) is 17.6 Å². The first-order chi connectivity index (χ1) is 8.61. The van der Waals surface area contributed by atoms with Gasteiger partial charge in [-0.05, 0) is 51.2 Å². The van der Waals surface area contributed by atoms with Crippen molar-refractivity contribution >= 4 is 17.2 Å². The monoisotopic (exact) mass is 266 g/mol. The van der Waals surface area contributed by atoms with Gasteiger partial charge in [0, 0.05) is 22.8 Å². The fourth-order valence-electron chi connectivity index (χ4n) is 2.48. The van der Waals surface area contributed by atoms with Gasteiger partial charge in [-0.3, -0.25) is 10.1 Å². The van der Waals surface area contributed by atoms with Crippen molar-refractivity contribution in [2.75, 3.05) is 7.05 Å². The fourth-order valence-corrected chi connectivity index (χ4v) is 3.75. The molecule has 0 aliphatic heterocycles. The van der Waals surface area contributed by atoms with Gasteiger partial charge in [-0.25, -0.2) is 0 Å². The van der Waals surface area contributed by atoms with E-state index in [1.165, 1.54) is 36.1 Å². The number of nitrogens with one attached hydrogen (secondary N) is 2. The van der Waals surface area contributed by atoms with Crippen LogP contribution in [0.2, 0.25) is 0 Å². The van der Waals surface area contributed by atoms with Crippen LogP contribution in [0.1, 0.15) is 48.0 Å². The van der Waals surface area contributed by atoms with Gasteiger partial charge in [0.25, 0.3) is 0 Å². The van der Waals surface area contributed by atoms with Crippen LogP contribution in [0.15, 0.2) is 6.07 Å². The summed E-state index contributed by atoms with van der Waals surface area (Å²) in [6.45, 7) is 4.04. The van der Waals surface area contributed by atoms with E-state index in [2.05, 4.69) is 23.6 Å². The third-order valence-corrected chi connectivity index (χ3v) is 5.00. The Morgan fingerprint density at radius 1 is 1.33 bits per heavy atom. The molecule has 1 aromatic rings. The minimum Gasteiger partial charge on any atom is -0.358 e. The molecular weight excluding hydrogens is 244 g/mol. The molecule has 2 atom stereocenters. The van der Waals surface area contributed by atoms with E-state index in [0.717, 1.165) is 0 Å². The highest BCUT2D eigenvalue weighted by atomic mass is 32.1. The lowest BCUT2D eigenvalue weighted by atomic mass is 9.99. The van der Waals surface area contributed by atoms with Gasteiger partial charge in [-0.15, -0.1) is 11.3 Å². The summed E-state index contributed by atoms with van der Waals surface area (Å²) in [5, 5.41) is 6.03. The average molecular weight is 266 g/mol. The Hall–Kier alpha value is -0.870. The quantitative estimate of drug-likeness (QED) is 0.878. The third-order valence-electron chi connectivity index (χ3n) is 3.58. The van der Waals surface area contributed by atoms with Crippen LogP contribution < -0.4 is 10.6 Å². The summed E-state index contributed by atoms with van der Waals surface area (Å²) in [6.07, 6.45) is 5.10. The Kier molecular flexibility index (Phi) is 4.40. The molecule has 1 aliphatic carbocycles. The smallest absolute Gasteiger partial charge is 0.236 e. The molecule has 2 unspecified atom stereocenters. The van der Waals surface area contributed by atoms with E-state index in [9.17, 15) is 4.79 Å². The summed E-state index contributed by atoms with van der Waals surface area (Å²) in [6, 6.07) is 2.42. The van der Waals surface area contributed by atoms with E-state index < -0.39 is 0 Å². The molecule has 0 spiro atoms. The van der Waals surface area contributed by atoms with Crippen LogP contribution >= 0.6 is 11.3 Å². The van der Waals surface area contributed by atoms with E-state index in [1.807, 2.05) is 18.3 Å². The summed E-state index contributed by atoms with van der Waals surface area (Å²) in [7, 11) is 1.68. The van der Waals surface area contributed by atoms with Crippen LogP contribution in [0.4, 0.5) is 0 Å². The summed E-state index contributed by atoms with van der Waals surface area (Å²) in [5.41, 5.74) is 1.53. The number of fused-ring (bicyclic) bond motifs is 1. The summed E-state index contributed by atoms with van der Waals surface area (Å²) >= 11 is 1.91. The zero-order valence-electron chi connectivity index (χ0n) is 11.4. The van der Waals surface area contributed by atoms with Crippen LogP contribution in [0, 0.1) is 0 Å². The molecule has 0 bridgehead atoms. The van der Waals surface area contributed by atoms with Gasteiger partial charge in [0.1, 0.15) is 0 Å². The highest BCUT2D eigenvalue weighted by molar-refractivity contribution is 7.12. The van der Waals surface area contributed by atoms with E-state index >= 15 is 0 Å². The number of aryl methyl sites for hydroxylation is 2. The van der Waals surface area contributed by atoms with Crippen LogP contribution in [0.5, 0.6) is 0 Å². The molecule has 0 fully saturated rings. The number of rotatable bonds is 4. The summed E-state index contributed by atoms with van der Waals surface area (Å²) in [5.74, 6) is 0.0446. The summed E-state index contributed by atoms with van der Waals surface area (Å²) in [4.78, 5) is 14.4. The largest absolute Gasteiger partial charge is 0.358 e. The highest BCUT2D eigenvalue weighted by Gasteiger charge is 2.19. The van der Waals surface area contributed by atoms with Crippen molar-refractivity contribution < 1.29 is 4.79 Å². The lowest BCUT2D eigenvalue weighted by molar-refractivity contribution is -0.122. The van der Waals surface area contributed by atoms with Gasteiger partial charge in [-0.1, -0.05) is 0 Å². The van der Waals surface area contributed by atoms with Crippen molar-refractivity contribution in [3.63, 3.8) is 0 Å². The minimum absolute atomic E-state index is 0.0446. The molecule has 2 rings (SSSR count). The Bertz CT molecular complexity index is 404. The van der Waals surface area contributed by atoms with Crippen LogP contribution in [0.3, 0.4) is 0 Å². The topological polar surface area (TPSA) is 41.1 Å². The molecule has 1 aliphatic rings. The Morgan fingerprint density at radius 3 is 2.72 bits per heavy atom. The molecule has 1 heterocycles. The molecule has 18 heavy (non-hydrogen) atoms. The maximum absolute atomic E-state index is 11.5. The van der Waals surface area contributed by atoms with Gasteiger partial charge >= 0.3 is 0 Å². The molecule has 0 saturated carbocycles. The molecule has 0 saturated heterocycles. The lowest BCUT2D eigenvalue weighted by Gasteiger charge is -2.17. The van der Waals surface area contributed by atoms with Crippen molar-refractivity contribution in [1.82, 2.24) is 10.6 Å². The zero-order valence-corrected chi connectivity index (χ0v) is 12.2. The van der Waals surface area contributed by atoms with Gasteiger partial charge in [0.2, 0.25) is 5.91 Å². The first-order valence-electron chi connectivity index (χ1n) is 6.71. The fraction of sp³-hybridized carbons (Fsp3) is 0.643. The molecule has 0 radical (unpaired) electrons. The second-order valence-corrected chi connectivity index (χ2v) is 6.20. The van der Waals surface area contributed by atoms with E-state index in [0.29, 0.717) is 0 Å². The number of carbonyl (C=O) groups is 1. The Labute approximate surface area is 113 Å². The second kappa shape index (κ2) is 5.85. The van der Waals surface area contributed by atoms with Crippen LogP contribution in [-0.4, -0.2) is 19.0 Å². The van der Waals surface area contributed by atoms with Crippen molar-refractivity contribution in [2.24, 2.45) is 0 Å². The molecule has 3 nitrogen and oxygen atoms in total. The van der Waals surface area contributed by atoms with E-state index in [1.54, 1.807) is 11.9 Å². The lowest BCUT2D eigenvalue weighted by Crippen LogP contribution is -2.41. The van der Waals surface area contributed by atoms with Crippen molar-refractivity contribution in [3.05, 3.63) is 21.4 Å². The molecule has 1 aromatic heterocycles. The molecule has 4 heteroatoms. The molecule has 1 amide bonds.